The number of rotatable bonds is 5. The van der Waals surface area contributed by atoms with E-state index in [2.05, 4.69) is 19.9 Å². The molecule has 0 aliphatic carbocycles. The second kappa shape index (κ2) is 5.94. The second-order valence-electron chi connectivity index (χ2n) is 4.73. The van der Waals surface area contributed by atoms with Crippen LogP contribution in [0.3, 0.4) is 0 Å². The van der Waals surface area contributed by atoms with Crippen molar-refractivity contribution in [3.63, 3.8) is 0 Å². The normalized spacial score (nSPS) is 11.0. The first-order valence-electron chi connectivity index (χ1n) is 6.86. The van der Waals surface area contributed by atoms with Gasteiger partial charge in [-0.15, -0.1) is 0 Å². The van der Waals surface area contributed by atoms with Crippen molar-refractivity contribution in [2.45, 2.75) is 13.3 Å². The summed E-state index contributed by atoms with van der Waals surface area (Å²) in [7, 11) is 0. The summed E-state index contributed by atoms with van der Waals surface area (Å²) in [5.74, 6) is 0.690. The van der Waals surface area contributed by atoms with Crippen LogP contribution in [0.15, 0.2) is 24.7 Å². The molecular formula is C14H16N6O2. The van der Waals surface area contributed by atoms with Gasteiger partial charge in [-0.05, 0) is 13.0 Å². The van der Waals surface area contributed by atoms with Crippen LogP contribution in [0.25, 0.3) is 17.0 Å². The smallest absolute Gasteiger partial charge is 0.230 e. The van der Waals surface area contributed by atoms with Gasteiger partial charge in [-0.2, -0.15) is 0 Å². The van der Waals surface area contributed by atoms with Crippen LogP contribution in [0.1, 0.15) is 12.1 Å². The Morgan fingerprint density at radius 3 is 2.95 bits per heavy atom. The lowest BCUT2D eigenvalue weighted by Crippen LogP contribution is -2.02. The third-order valence-electron chi connectivity index (χ3n) is 3.19. The van der Waals surface area contributed by atoms with Crippen LogP contribution in [0.4, 0.5) is 5.95 Å². The van der Waals surface area contributed by atoms with Crippen LogP contribution in [-0.2, 0) is 0 Å². The topological polar surface area (TPSA) is 111 Å². The molecule has 3 aromatic rings. The van der Waals surface area contributed by atoms with Gasteiger partial charge in [0, 0.05) is 24.9 Å². The van der Waals surface area contributed by atoms with Crippen LogP contribution in [0.5, 0.6) is 5.88 Å². The van der Waals surface area contributed by atoms with E-state index >= 15 is 0 Å². The SMILES string of the molecule is Cc1c(-c2ccnc(N)n2)nc2cnc(OCCCO)cn12. The Balaban J connectivity index is 1.98. The van der Waals surface area contributed by atoms with E-state index in [-0.39, 0.29) is 12.6 Å². The molecule has 0 bridgehead atoms. The summed E-state index contributed by atoms with van der Waals surface area (Å²) in [6, 6.07) is 1.76. The Morgan fingerprint density at radius 2 is 2.18 bits per heavy atom. The van der Waals surface area contributed by atoms with Crippen LogP contribution in [0, 0.1) is 6.92 Å². The maximum absolute atomic E-state index is 8.77. The highest BCUT2D eigenvalue weighted by atomic mass is 16.5. The van der Waals surface area contributed by atoms with Gasteiger partial charge in [0.25, 0.3) is 0 Å². The number of hydrogen-bond acceptors (Lipinski definition) is 7. The number of nitrogens with zero attached hydrogens (tertiary/aromatic N) is 5. The first-order valence-corrected chi connectivity index (χ1v) is 6.86. The average Bonchev–Trinajstić information content (AvgIpc) is 2.85. The van der Waals surface area contributed by atoms with Crippen LogP contribution >= 0.6 is 0 Å². The number of hydrogen-bond donors (Lipinski definition) is 2. The molecule has 0 amide bonds. The maximum Gasteiger partial charge on any atom is 0.230 e. The molecule has 0 aliphatic rings. The molecule has 0 fully saturated rings. The van der Waals surface area contributed by atoms with Gasteiger partial charge in [0.2, 0.25) is 11.8 Å². The van der Waals surface area contributed by atoms with E-state index in [9.17, 15) is 0 Å². The monoisotopic (exact) mass is 300 g/mol. The van der Waals surface area contributed by atoms with E-state index in [0.29, 0.717) is 30.2 Å². The van der Waals surface area contributed by atoms with Gasteiger partial charge in [0.1, 0.15) is 5.69 Å². The van der Waals surface area contributed by atoms with Crippen LogP contribution < -0.4 is 10.5 Å². The number of fused-ring (bicyclic) bond motifs is 1. The van der Waals surface area contributed by atoms with Crippen molar-refractivity contribution in [3.05, 3.63) is 30.4 Å². The van der Waals surface area contributed by atoms with Gasteiger partial charge < -0.3 is 15.6 Å². The molecule has 3 aromatic heterocycles. The second-order valence-corrected chi connectivity index (χ2v) is 4.73. The molecule has 3 rings (SSSR count). The van der Waals surface area contributed by atoms with Crippen LogP contribution in [0.2, 0.25) is 0 Å². The van der Waals surface area contributed by atoms with Gasteiger partial charge in [-0.1, -0.05) is 0 Å². The zero-order valence-corrected chi connectivity index (χ0v) is 12.1. The van der Waals surface area contributed by atoms with Gasteiger partial charge in [-0.25, -0.2) is 19.9 Å². The van der Waals surface area contributed by atoms with Crippen molar-refractivity contribution >= 4 is 11.6 Å². The number of imidazole rings is 1. The van der Waals surface area contributed by atoms with Crippen molar-refractivity contribution in [3.8, 4) is 17.3 Å². The summed E-state index contributed by atoms with van der Waals surface area (Å²) in [6.07, 6.45) is 5.56. The number of nitrogen functional groups attached to an aromatic ring is 1. The first kappa shape index (κ1) is 14.2. The molecule has 0 saturated heterocycles. The molecule has 8 nitrogen and oxygen atoms in total. The third-order valence-corrected chi connectivity index (χ3v) is 3.19. The van der Waals surface area contributed by atoms with E-state index in [1.54, 1.807) is 24.7 Å². The number of nitrogens with two attached hydrogens (primary N) is 1. The standard InChI is InChI=1S/C14H16N6O2/c1-9-13(10-3-4-16-14(15)18-10)19-11-7-17-12(8-20(9)11)22-6-2-5-21/h3-4,7-8,21H,2,5-6H2,1H3,(H2,15,16,18). The summed E-state index contributed by atoms with van der Waals surface area (Å²) in [5.41, 5.74) is 8.61. The minimum absolute atomic E-state index is 0.0889. The summed E-state index contributed by atoms with van der Waals surface area (Å²) in [5, 5.41) is 8.77. The molecule has 0 aliphatic heterocycles. The molecule has 114 valence electrons. The predicted octanol–water partition coefficient (Wildman–Crippen LogP) is 0.838. The lowest BCUT2D eigenvalue weighted by atomic mass is 10.2. The van der Waals surface area contributed by atoms with Crippen molar-refractivity contribution < 1.29 is 9.84 Å². The largest absolute Gasteiger partial charge is 0.477 e. The average molecular weight is 300 g/mol. The van der Waals surface area contributed by atoms with E-state index in [1.165, 1.54) is 0 Å². The van der Waals surface area contributed by atoms with E-state index in [4.69, 9.17) is 15.6 Å². The predicted molar refractivity (Wildman–Crippen MR) is 80.4 cm³/mol. The molecule has 0 unspecified atom stereocenters. The quantitative estimate of drug-likeness (QED) is 0.671. The summed E-state index contributed by atoms with van der Waals surface area (Å²) in [4.78, 5) is 16.8. The zero-order chi connectivity index (χ0) is 15.5. The summed E-state index contributed by atoms with van der Waals surface area (Å²) < 4.78 is 7.36. The molecule has 0 saturated carbocycles. The van der Waals surface area contributed by atoms with E-state index < -0.39 is 0 Å². The van der Waals surface area contributed by atoms with Crippen molar-refractivity contribution in [2.24, 2.45) is 0 Å². The Bertz CT molecular complexity index is 801. The fourth-order valence-corrected chi connectivity index (χ4v) is 2.12. The fraction of sp³-hybridized carbons (Fsp3) is 0.286. The fourth-order valence-electron chi connectivity index (χ4n) is 2.12. The van der Waals surface area contributed by atoms with E-state index in [1.807, 2.05) is 11.3 Å². The van der Waals surface area contributed by atoms with Gasteiger partial charge in [0.05, 0.1) is 24.7 Å². The molecule has 0 radical (unpaired) electrons. The Labute approximate surface area is 126 Å². The number of aliphatic hydroxyl groups excluding tert-OH is 1. The molecule has 8 heteroatoms. The summed E-state index contributed by atoms with van der Waals surface area (Å²) >= 11 is 0. The highest BCUT2D eigenvalue weighted by molar-refractivity contribution is 5.63. The minimum Gasteiger partial charge on any atom is -0.477 e. The highest BCUT2D eigenvalue weighted by Crippen LogP contribution is 2.23. The zero-order valence-electron chi connectivity index (χ0n) is 12.1. The van der Waals surface area contributed by atoms with Crippen molar-refractivity contribution in [1.29, 1.82) is 0 Å². The molecule has 0 atom stereocenters. The Kier molecular flexibility index (Phi) is 3.84. The van der Waals surface area contributed by atoms with Crippen molar-refractivity contribution in [2.75, 3.05) is 18.9 Å². The number of ether oxygens (including phenoxy) is 1. The minimum atomic E-state index is 0.0889. The lowest BCUT2D eigenvalue weighted by Gasteiger charge is -2.04. The third kappa shape index (κ3) is 2.68. The number of aliphatic hydroxyl groups is 1. The molecule has 0 spiro atoms. The number of anilines is 1. The molecule has 3 N–H and O–H groups in total. The lowest BCUT2D eigenvalue weighted by molar-refractivity contribution is 0.228. The van der Waals surface area contributed by atoms with Gasteiger partial charge in [-0.3, -0.25) is 4.40 Å². The maximum atomic E-state index is 8.77. The van der Waals surface area contributed by atoms with Crippen LogP contribution in [-0.4, -0.2) is 42.7 Å². The first-order chi connectivity index (χ1) is 10.7. The number of aryl methyl sites for hydroxylation is 1. The summed E-state index contributed by atoms with van der Waals surface area (Å²) in [6.45, 7) is 2.44. The van der Waals surface area contributed by atoms with E-state index in [0.717, 1.165) is 11.4 Å². The Morgan fingerprint density at radius 1 is 1.32 bits per heavy atom. The van der Waals surface area contributed by atoms with Crippen molar-refractivity contribution in [1.82, 2.24) is 24.3 Å². The van der Waals surface area contributed by atoms with Gasteiger partial charge >= 0.3 is 0 Å². The molecule has 3 heterocycles. The molecule has 0 aromatic carbocycles. The molecule has 22 heavy (non-hydrogen) atoms. The molecular weight excluding hydrogens is 284 g/mol. The Hall–Kier alpha value is -2.74. The van der Waals surface area contributed by atoms with Gasteiger partial charge in [0.15, 0.2) is 5.65 Å². The highest BCUT2D eigenvalue weighted by Gasteiger charge is 2.13. The number of aromatic nitrogens is 5.